The van der Waals surface area contributed by atoms with E-state index < -0.39 is 5.97 Å². The number of aliphatic carboxylic acids is 1. The van der Waals surface area contributed by atoms with Crippen LogP contribution in [0.3, 0.4) is 0 Å². The molecule has 2 rings (SSSR count). The van der Waals surface area contributed by atoms with Gasteiger partial charge in [0.1, 0.15) is 5.75 Å². The summed E-state index contributed by atoms with van der Waals surface area (Å²) >= 11 is 0. The largest absolute Gasteiger partial charge is 0.497 e. The van der Waals surface area contributed by atoms with Gasteiger partial charge in [0.15, 0.2) is 0 Å². The predicted molar refractivity (Wildman–Crippen MR) is 84.4 cm³/mol. The minimum absolute atomic E-state index is 0.270. The summed E-state index contributed by atoms with van der Waals surface area (Å²) in [5, 5.41) is 9.48. The summed E-state index contributed by atoms with van der Waals surface area (Å²) in [4.78, 5) is 11.6. The number of carboxylic acid groups (broad SMARTS) is 1. The average Bonchev–Trinajstić information content (AvgIpc) is 2.47. The number of hydrogen-bond acceptors (Lipinski definition) is 2. The molecule has 0 saturated heterocycles. The highest BCUT2D eigenvalue weighted by Crippen LogP contribution is 2.23. The van der Waals surface area contributed by atoms with E-state index in [9.17, 15) is 9.90 Å². The highest BCUT2D eigenvalue weighted by atomic mass is 16.5. The number of rotatable bonds is 4. The van der Waals surface area contributed by atoms with Crippen molar-refractivity contribution in [1.29, 1.82) is 0 Å². The van der Waals surface area contributed by atoms with Gasteiger partial charge in [-0.1, -0.05) is 30.3 Å². The van der Waals surface area contributed by atoms with Crippen LogP contribution in [0.1, 0.15) is 22.3 Å². The lowest BCUT2D eigenvalue weighted by Gasteiger charge is -2.07. The van der Waals surface area contributed by atoms with Gasteiger partial charge in [-0.15, -0.1) is 0 Å². The lowest BCUT2D eigenvalue weighted by atomic mass is 9.98. The molecule has 0 unspecified atom stereocenters. The lowest BCUT2D eigenvalue weighted by Crippen LogP contribution is -2.00. The zero-order valence-electron chi connectivity index (χ0n) is 12.4. The van der Waals surface area contributed by atoms with Crippen LogP contribution in [0.4, 0.5) is 0 Å². The van der Waals surface area contributed by atoms with Gasteiger partial charge in [0, 0.05) is 0 Å². The standard InChI is InChI=1S/C18H18O3/c1-12-7-8-15(9-13(12)2)17(18(19)20)11-14-5-4-6-16(10-14)21-3/h4-11H,1-3H3,(H,19,20)/b17-11-. The summed E-state index contributed by atoms with van der Waals surface area (Å²) in [7, 11) is 1.59. The van der Waals surface area contributed by atoms with Crippen molar-refractivity contribution in [2.45, 2.75) is 13.8 Å². The maximum absolute atomic E-state index is 11.6. The van der Waals surface area contributed by atoms with Gasteiger partial charge in [0.25, 0.3) is 0 Å². The molecule has 3 heteroatoms. The molecular weight excluding hydrogens is 264 g/mol. The Kier molecular flexibility index (Phi) is 4.43. The van der Waals surface area contributed by atoms with Gasteiger partial charge in [-0.25, -0.2) is 4.79 Å². The van der Waals surface area contributed by atoms with Crippen molar-refractivity contribution in [2.24, 2.45) is 0 Å². The second-order valence-corrected chi connectivity index (χ2v) is 4.94. The zero-order chi connectivity index (χ0) is 15.4. The normalized spacial score (nSPS) is 11.3. The van der Waals surface area contributed by atoms with Gasteiger partial charge in [-0.3, -0.25) is 0 Å². The molecule has 0 amide bonds. The number of hydrogen-bond donors (Lipinski definition) is 1. The minimum atomic E-state index is -0.943. The van der Waals surface area contributed by atoms with Crippen molar-refractivity contribution >= 4 is 17.6 Å². The highest BCUT2D eigenvalue weighted by molar-refractivity contribution is 6.20. The highest BCUT2D eigenvalue weighted by Gasteiger charge is 2.11. The van der Waals surface area contributed by atoms with Gasteiger partial charge < -0.3 is 9.84 Å². The third-order valence-corrected chi connectivity index (χ3v) is 3.45. The number of benzene rings is 2. The monoisotopic (exact) mass is 282 g/mol. The van der Waals surface area contributed by atoms with E-state index in [2.05, 4.69) is 0 Å². The molecule has 2 aromatic rings. The van der Waals surface area contributed by atoms with E-state index in [0.717, 1.165) is 16.7 Å². The molecule has 0 fully saturated rings. The molecule has 0 aliphatic carbocycles. The molecule has 0 aliphatic heterocycles. The Morgan fingerprint density at radius 1 is 1.10 bits per heavy atom. The van der Waals surface area contributed by atoms with Crippen molar-refractivity contribution < 1.29 is 14.6 Å². The van der Waals surface area contributed by atoms with E-state index in [1.807, 2.05) is 56.3 Å². The average molecular weight is 282 g/mol. The molecule has 0 saturated carbocycles. The van der Waals surface area contributed by atoms with Crippen LogP contribution in [-0.2, 0) is 4.79 Å². The van der Waals surface area contributed by atoms with Crippen molar-refractivity contribution in [3.8, 4) is 5.75 Å². The molecule has 0 spiro atoms. The summed E-state index contributed by atoms with van der Waals surface area (Å²) in [5.41, 5.74) is 3.99. The molecule has 0 aliphatic rings. The van der Waals surface area contributed by atoms with Crippen LogP contribution in [0.2, 0.25) is 0 Å². The van der Waals surface area contributed by atoms with Gasteiger partial charge in [-0.2, -0.15) is 0 Å². The maximum Gasteiger partial charge on any atom is 0.336 e. The maximum atomic E-state index is 11.6. The minimum Gasteiger partial charge on any atom is -0.497 e. The number of carboxylic acids is 1. The Morgan fingerprint density at radius 3 is 2.48 bits per heavy atom. The van der Waals surface area contributed by atoms with Gasteiger partial charge in [0.05, 0.1) is 12.7 Å². The number of ether oxygens (including phenoxy) is 1. The number of carbonyl (C=O) groups is 1. The fourth-order valence-electron chi connectivity index (χ4n) is 2.08. The Hall–Kier alpha value is -2.55. The fourth-order valence-corrected chi connectivity index (χ4v) is 2.08. The summed E-state index contributed by atoms with van der Waals surface area (Å²) in [6.45, 7) is 3.98. The van der Waals surface area contributed by atoms with E-state index in [0.29, 0.717) is 11.3 Å². The fraction of sp³-hybridized carbons (Fsp3) is 0.167. The third-order valence-electron chi connectivity index (χ3n) is 3.45. The molecule has 0 radical (unpaired) electrons. The Labute approximate surface area is 124 Å². The van der Waals surface area contributed by atoms with Crippen molar-refractivity contribution in [3.63, 3.8) is 0 Å². The van der Waals surface area contributed by atoms with Gasteiger partial charge >= 0.3 is 5.97 Å². The van der Waals surface area contributed by atoms with E-state index >= 15 is 0 Å². The first-order valence-electron chi connectivity index (χ1n) is 6.68. The van der Waals surface area contributed by atoms with Crippen LogP contribution in [-0.4, -0.2) is 18.2 Å². The molecule has 108 valence electrons. The first-order valence-corrected chi connectivity index (χ1v) is 6.68. The Balaban J connectivity index is 2.49. The number of aryl methyl sites for hydroxylation is 2. The zero-order valence-corrected chi connectivity index (χ0v) is 12.4. The smallest absolute Gasteiger partial charge is 0.336 e. The molecule has 3 nitrogen and oxygen atoms in total. The molecule has 0 bridgehead atoms. The van der Waals surface area contributed by atoms with Crippen LogP contribution >= 0.6 is 0 Å². The molecule has 2 aromatic carbocycles. The molecule has 0 atom stereocenters. The molecular formula is C18H18O3. The SMILES string of the molecule is COc1cccc(/C=C(\C(=O)O)c2ccc(C)c(C)c2)c1. The van der Waals surface area contributed by atoms with Crippen LogP contribution in [0.15, 0.2) is 42.5 Å². The first kappa shape index (κ1) is 14.9. The van der Waals surface area contributed by atoms with Crippen molar-refractivity contribution in [3.05, 3.63) is 64.7 Å². The summed E-state index contributed by atoms with van der Waals surface area (Å²) in [5.74, 6) is -0.241. The Bertz CT molecular complexity index is 699. The second-order valence-electron chi connectivity index (χ2n) is 4.94. The van der Waals surface area contributed by atoms with Crippen LogP contribution in [0.5, 0.6) is 5.75 Å². The van der Waals surface area contributed by atoms with Crippen molar-refractivity contribution in [2.75, 3.05) is 7.11 Å². The van der Waals surface area contributed by atoms with Crippen LogP contribution in [0, 0.1) is 13.8 Å². The molecule has 0 aromatic heterocycles. The van der Waals surface area contributed by atoms with E-state index in [4.69, 9.17) is 4.74 Å². The van der Waals surface area contributed by atoms with Crippen LogP contribution in [0.25, 0.3) is 11.6 Å². The molecule has 1 N–H and O–H groups in total. The third kappa shape index (κ3) is 3.51. The molecule has 0 heterocycles. The summed E-state index contributed by atoms with van der Waals surface area (Å²) in [6.07, 6.45) is 1.66. The quantitative estimate of drug-likeness (QED) is 0.682. The van der Waals surface area contributed by atoms with Gasteiger partial charge in [0.2, 0.25) is 0 Å². The predicted octanol–water partition coefficient (Wildman–Crippen LogP) is 3.94. The summed E-state index contributed by atoms with van der Waals surface area (Å²) in [6, 6.07) is 13.0. The van der Waals surface area contributed by atoms with E-state index in [-0.39, 0.29) is 5.57 Å². The van der Waals surface area contributed by atoms with E-state index in [1.165, 1.54) is 0 Å². The second kappa shape index (κ2) is 6.27. The van der Waals surface area contributed by atoms with Crippen LogP contribution < -0.4 is 4.74 Å². The van der Waals surface area contributed by atoms with Crippen molar-refractivity contribution in [1.82, 2.24) is 0 Å². The topological polar surface area (TPSA) is 46.5 Å². The molecule has 21 heavy (non-hydrogen) atoms. The van der Waals surface area contributed by atoms with Gasteiger partial charge in [-0.05, 0) is 54.3 Å². The lowest BCUT2D eigenvalue weighted by molar-refractivity contribution is -0.130. The van der Waals surface area contributed by atoms with E-state index in [1.54, 1.807) is 13.2 Å². The Morgan fingerprint density at radius 2 is 1.86 bits per heavy atom. The number of methoxy groups -OCH3 is 1. The first-order chi connectivity index (χ1) is 10.0. The summed E-state index contributed by atoms with van der Waals surface area (Å²) < 4.78 is 5.16.